The van der Waals surface area contributed by atoms with Gasteiger partial charge in [0.05, 0.1) is 5.69 Å². The Morgan fingerprint density at radius 3 is 2.89 bits per heavy atom. The molecule has 0 aliphatic heterocycles. The number of aromatic nitrogens is 2. The molecule has 18 heavy (non-hydrogen) atoms. The van der Waals surface area contributed by atoms with Crippen molar-refractivity contribution < 1.29 is 9.50 Å². The number of rotatable bonds is 1. The Kier molecular flexibility index (Phi) is 2.45. The molecule has 0 spiro atoms. The maximum atomic E-state index is 13.5. The van der Waals surface area contributed by atoms with Crippen LogP contribution in [-0.4, -0.2) is 14.5 Å². The van der Waals surface area contributed by atoms with Crippen LogP contribution in [0.15, 0.2) is 42.7 Å². The molecule has 0 saturated heterocycles. The predicted molar refractivity (Wildman–Crippen MR) is 67.3 cm³/mol. The van der Waals surface area contributed by atoms with Gasteiger partial charge in [0, 0.05) is 23.0 Å². The van der Waals surface area contributed by atoms with Crippen molar-refractivity contribution in [3.63, 3.8) is 0 Å². The molecule has 5 heteroatoms. The van der Waals surface area contributed by atoms with Crippen LogP contribution in [0, 0.1) is 5.82 Å². The fourth-order valence-electron chi connectivity index (χ4n) is 1.82. The first-order valence-electron chi connectivity index (χ1n) is 5.27. The second-order valence-electron chi connectivity index (χ2n) is 3.87. The van der Waals surface area contributed by atoms with E-state index < -0.39 is 5.82 Å². The van der Waals surface area contributed by atoms with Crippen molar-refractivity contribution in [2.75, 3.05) is 0 Å². The van der Waals surface area contributed by atoms with E-state index in [2.05, 4.69) is 4.98 Å². The number of nitrogens with zero attached hydrogens (tertiary/aromatic N) is 2. The molecule has 0 radical (unpaired) electrons. The first kappa shape index (κ1) is 11.0. The zero-order valence-corrected chi connectivity index (χ0v) is 9.89. The third-order valence-corrected chi connectivity index (χ3v) is 2.90. The van der Waals surface area contributed by atoms with E-state index in [0.29, 0.717) is 16.3 Å². The summed E-state index contributed by atoms with van der Waals surface area (Å²) in [6.45, 7) is 0. The highest BCUT2D eigenvalue weighted by molar-refractivity contribution is 6.30. The normalized spacial score (nSPS) is 11.0. The molecule has 0 atom stereocenters. The summed E-state index contributed by atoms with van der Waals surface area (Å²) in [4.78, 5) is 4.15. The molecule has 0 fully saturated rings. The van der Waals surface area contributed by atoms with Gasteiger partial charge >= 0.3 is 0 Å². The van der Waals surface area contributed by atoms with Crippen molar-refractivity contribution in [3.8, 4) is 17.0 Å². The van der Waals surface area contributed by atoms with Gasteiger partial charge in [0.1, 0.15) is 5.75 Å². The molecule has 1 N–H and O–H groups in total. The van der Waals surface area contributed by atoms with Gasteiger partial charge in [-0.3, -0.25) is 0 Å². The number of halogens is 2. The van der Waals surface area contributed by atoms with Gasteiger partial charge < -0.3 is 9.51 Å². The van der Waals surface area contributed by atoms with E-state index in [-0.39, 0.29) is 11.4 Å². The number of phenols is 1. The van der Waals surface area contributed by atoms with Crippen LogP contribution in [0.1, 0.15) is 0 Å². The highest BCUT2D eigenvalue weighted by Gasteiger charge is 2.11. The quantitative estimate of drug-likeness (QED) is 0.729. The standard InChI is InChI=1S/C13H8ClFN2O/c14-8-3-4-12(18)9(6-8)11-7-17-5-1-2-10(15)13(17)16-11/h1-7,18H. The largest absolute Gasteiger partial charge is 0.507 e. The summed E-state index contributed by atoms with van der Waals surface area (Å²) in [5.41, 5.74) is 1.16. The minimum atomic E-state index is -0.412. The number of fused-ring (bicyclic) bond motifs is 1. The van der Waals surface area contributed by atoms with E-state index >= 15 is 0 Å². The predicted octanol–water partition coefficient (Wildman–Crippen LogP) is 3.50. The Bertz CT molecular complexity index is 739. The zero-order valence-electron chi connectivity index (χ0n) is 9.14. The third-order valence-electron chi connectivity index (χ3n) is 2.67. The summed E-state index contributed by atoms with van der Waals surface area (Å²) in [5.74, 6) is -0.353. The fraction of sp³-hybridized carbons (Fsp3) is 0. The molecular weight excluding hydrogens is 255 g/mol. The van der Waals surface area contributed by atoms with Crippen molar-refractivity contribution in [3.05, 3.63) is 53.6 Å². The number of aromatic hydroxyl groups is 1. The molecule has 0 unspecified atom stereocenters. The second-order valence-corrected chi connectivity index (χ2v) is 4.31. The van der Waals surface area contributed by atoms with Crippen LogP contribution in [0.25, 0.3) is 16.9 Å². The molecule has 3 rings (SSSR count). The van der Waals surface area contributed by atoms with Crippen molar-refractivity contribution in [1.82, 2.24) is 9.38 Å². The molecule has 1 aromatic carbocycles. The maximum Gasteiger partial charge on any atom is 0.173 e. The minimum absolute atomic E-state index is 0.0585. The Morgan fingerprint density at radius 2 is 2.11 bits per heavy atom. The number of pyridine rings is 1. The summed E-state index contributed by atoms with van der Waals surface area (Å²) in [5, 5.41) is 10.3. The summed E-state index contributed by atoms with van der Waals surface area (Å²) in [6.07, 6.45) is 3.33. The maximum absolute atomic E-state index is 13.5. The van der Waals surface area contributed by atoms with Crippen LogP contribution in [-0.2, 0) is 0 Å². The molecule has 3 aromatic rings. The summed E-state index contributed by atoms with van der Waals surface area (Å²) in [7, 11) is 0. The minimum Gasteiger partial charge on any atom is -0.507 e. The average Bonchev–Trinajstić information content (AvgIpc) is 2.77. The first-order chi connectivity index (χ1) is 8.65. The zero-order chi connectivity index (χ0) is 12.7. The first-order valence-corrected chi connectivity index (χ1v) is 5.65. The van der Waals surface area contributed by atoms with Gasteiger partial charge in [-0.25, -0.2) is 9.37 Å². The smallest absolute Gasteiger partial charge is 0.173 e. The Balaban J connectivity index is 2.26. The molecule has 0 aliphatic carbocycles. The SMILES string of the molecule is Oc1ccc(Cl)cc1-c1cn2cccc(F)c2n1. The van der Waals surface area contributed by atoms with E-state index in [1.54, 1.807) is 35.0 Å². The highest BCUT2D eigenvalue weighted by Crippen LogP contribution is 2.31. The highest BCUT2D eigenvalue weighted by atomic mass is 35.5. The lowest BCUT2D eigenvalue weighted by Gasteiger charge is -2.00. The van der Waals surface area contributed by atoms with Crippen molar-refractivity contribution in [2.24, 2.45) is 0 Å². The summed E-state index contributed by atoms with van der Waals surface area (Å²) >= 11 is 5.88. The molecule has 2 aromatic heterocycles. The van der Waals surface area contributed by atoms with E-state index in [4.69, 9.17) is 11.6 Å². The van der Waals surface area contributed by atoms with Crippen LogP contribution in [0.5, 0.6) is 5.75 Å². The second kappa shape index (κ2) is 3.99. The Morgan fingerprint density at radius 1 is 1.28 bits per heavy atom. The molecule has 0 bridgehead atoms. The van der Waals surface area contributed by atoms with Gasteiger partial charge in [-0.1, -0.05) is 11.6 Å². The van der Waals surface area contributed by atoms with E-state index in [1.165, 1.54) is 12.1 Å². The molecule has 0 amide bonds. The van der Waals surface area contributed by atoms with Crippen molar-refractivity contribution >= 4 is 17.2 Å². The topological polar surface area (TPSA) is 37.5 Å². The number of hydrogen-bond donors (Lipinski definition) is 1. The number of hydrogen-bond acceptors (Lipinski definition) is 2. The molecule has 2 heterocycles. The number of phenolic OH excluding ortho intramolecular Hbond substituents is 1. The average molecular weight is 263 g/mol. The van der Waals surface area contributed by atoms with Gasteiger partial charge in [0.15, 0.2) is 11.5 Å². The molecule has 3 nitrogen and oxygen atoms in total. The molecular formula is C13H8ClFN2O. The molecule has 0 saturated carbocycles. The van der Waals surface area contributed by atoms with Crippen LogP contribution in [0.4, 0.5) is 4.39 Å². The Labute approximate surface area is 107 Å². The van der Waals surface area contributed by atoms with Gasteiger partial charge in [0.25, 0.3) is 0 Å². The van der Waals surface area contributed by atoms with E-state index in [0.717, 1.165) is 0 Å². The summed E-state index contributed by atoms with van der Waals surface area (Å²) < 4.78 is 15.1. The van der Waals surface area contributed by atoms with Gasteiger partial charge in [-0.15, -0.1) is 0 Å². The third kappa shape index (κ3) is 1.71. The summed E-state index contributed by atoms with van der Waals surface area (Å²) in [6, 6.07) is 7.58. The Hall–Kier alpha value is -2.07. The van der Waals surface area contributed by atoms with Crippen LogP contribution < -0.4 is 0 Å². The van der Waals surface area contributed by atoms with Crippen molar-refractivity contribution in [1.29, 1.82) is 0 Å². The van der Waals surface area contributed by atoms with Gasteiger partial charge in [-0.2, -0.15) is 0 Å². The van der Waals surface area contributed by atoms with E-state index in [1.807, 2.05) is 0 Å². The lowest BCUT2D eigenvalue weighted by Crippen LogP contribution is -1.84. The van der Waals surface area contributed by atoms with Crippen LogP contribution in [0.2, 0.25) is 5.02 Å². The van der Waals surface area contributed by atoms with Crippen LogP contribution >= 0.6 is 11.6 Å². The lowest BCUT2D eigenvalue weighted by atomic mass is 10.1. The van der Waals surface area contributed by atoms with Gasteiger partial charge in [0.2, 0.25) is 0 Å². The fourth-order valence-corrected chi connectivity index (χ4v) is 1.99. The number of benzene rings is 1. The monoisotopic (exact) mass is 262 g/mol. The van der Waals surface area contributed by atoms with Gasteiger partial charge in [-0.05, 0) is 30.3 Å². The molecule has 90 valence electrons. The van der Waals surface area contributed by atoms with E-state index in [9.17, 15) is 9.50 Å². The lowest BCUT2D eigenvalue weighted by molar-refractivity contribution is 0.477. The van der Waals surface area contributed by atoms with Crippen LogP contribution in [0.3, 0.4) is 0 Å². The molecule has 0 aliphatic rings. The number of imidazole rings is 1. The van der Waals surface area contributed by atoms with Crippen molar-refractivity contribution in [2.45, 2.75) is 0 Å².